The van der Waals surface area contributed by atoms with E-state index in [1.807, 2.05) is 30.3 Å². The predicted molar refractivity (Wildman–Crippen MR) is 176 cm³/mol. The van der Waals surface area contributed by atoms with Gasteiger partial charge in [-0.15, -0.1) is 12.8 Å². The number of nitrogens with one attached hydrogen (secondary N) is 1. The van der Waals surface area contributed by atoms with Gasteiger partial charge in [0.25, 0.3) is 0 Å². The van der Waals surface area contributed by atoms with Crippen LogP contribution >= 0.6 is 11.9 Å². The molecule has 3 fully saturated rings. The van der Waals surface area contributed by atoms with Gasteiger partial charge in [-0.25, -0.2) is 9.10 Å². The number of terminal acetylenes is 1. The first-order chi connectivity index (χ1) is 21.2. The summed E-state index contributed by atoms with van der Waals surface area (Å²) >= 11 is 1.71. The second kappa shape index (κ2) is 17.5. The Morgan fingerprint density at radius 1 is 1.11 bits per heavy atom. The highest BCUT2D eigenvalue weighted by atomic mass is 32.2. The Labute approximate surface area is 267 Å². The number of primary amides is 1. The third kappa shape index (κ3) is 10.3. The molecule has 1 saturated carbocycles. The molecule has 0 aromatic heterocycles. The van der Waals surface area contributed by atoms with Crippen LogP contribution in [-0.2, 0) is 24.4 Å². The first-order valence-electron chi connectivity index (χ1n) is 15.5. The molecule has 2 aliphatic heterocycles. The summed E-state index contributed by atoms with van der Waals surface area (Å²) in [6.07, 6.45) is 10.5. The van der Waals surface area contributed by atoms with Gasteiger partial charge in [-0.3, -0.25) is 4.79 Å². The van der Waals surface area contributed by atoms with Gasteiger partial charge in [0.2, 0.25) is 5.91 Å². The molecule has 9 heteroatoms. The maximum atomic E-state index is 12.4. The zero-order valence-corrected chi connectivity index (χ0v) is 27.4. The molecule has 8 nitrogen and oxygen atoms in total. The van der Waals surface area contributed by atoms with Gasteiger partial charge in [0.15, 0.2) is 6.29 Å². The number of fused-ring (bicyclic) bond motifs is 2. The summed E-state index contributed by atoms with van der Waals surface area (Å²) in [6.45, 7) is 12.0. The van der Waals surface area contributed by atoms with Crippen LogP contribution < -0.4 is 11.1 Å². The highest BCUT2D eigenvalue weighted by Gasteiger charge is 2.49. The van der Waals surface area contributed by atoms with E-state index < -0.39 is 5.41 Å². The summed E-state index contributed by atoms with van der Waals surface area (Å²) in [5.41, 5.74) is 7.49. The van der Waals surface area contributed by atoms with Gasteiger partial charge in [0.1, 0.15) is 6.10 Å². The Morgan fingerprint density at radius 2 is 1.80 bits per heavy atom. The lowest BCUT2D eigenvalue weighted by Crippen LogP contribution is -2.36. The van der Waals surface area contributed by atoms with Crippen molar-refractivity contribution in [3.8, 4) is 12.8 Å². The number of ether oxygens (including phenoxy) is 3. The van der Waals surface area contributed by atoms with E-state index in [0.717, 1.165) is 42.8 Å². The third-order valence-electron chi connectivity index (χ3n) is 8.20. The van der Waals surface area contributed by atoms with Crippen molar-refractivity contribution in [3.63, 3.8) is 0 Å². The number of rotatable bonds is 11. The molecular weight excluding hydrogens is 574 g/mol. The van der Waals surface area contributed by atoms with Crippen LogP contribution in [0, 0.1) is 37.5 Å². The van der Waals surface area contributed by atoms with E-state index in [-0.39, 0.29) is 36.2 Å². The van der Waals surface area contributed by atoms with Crippen molar-refractivity contribution < 1.29 is 23.8 Å². The van der Waals surface area contributed by atoms with Crippen LogP contribution in [0.1, 0.15) is 57.6 Å². The number of amides is 2. The van der Waals surface area contributed by atoms with E-state index >= 15 is 0 Å². The lowest BCUT2D eigenvalue weighted by Gasteiger charge is -2.24. The van der Waals surface area contributed by atoms with Gasteiger partial charge in [-0.2, -0.15) is 0 Å². The molecular formula is C35H49N3O5S. The van der Waals surface area contributed by atoms with Crippen molar-refractivity contribution in [2.75, 3.05) is 32.8 Å². The summed E-state index contributed by atoms with van der Waals surface area (Å²) in [7, 11) is 0. The zero-order valence-electron chi connectivity index (χ0n) is 26.6. The van der Waals surface area contributed by atoms with Crippen molar-refractivity contribution in [1.82, 2.24) is 9.62 Å². The quantitative estimate of drug-likeness (QED) is 0.182. The first kappa shape index (κ1) is 35.4. The summed E-state index contributed by atoms with van der Waals surface area (Å²) in [6, 6.07) is 18.5. The number of hydrogen-bond acceptors (Lipinski definition) is 7. The van der Waals surface area contributed by atoms with Crippen LogP contribution in [0.25, 0.3) is 0 Å². The fourth-order valence-corrected chi connectivity index (χ4v) is 6.69. The van der Waals surface area contributed by atoms with Gasteiger partial charge in [-0.1, -0.05) is 68.8 Å². The van der Waals surface area contributed by atoms with Crippen LogP contribution in [0.5, 0.6) is 0 Å². The molecule has 2 aromatic carbocycles. The van der Waals surface area contributed by atoms with E-state index in [9.17, 15) is 9.59 Å². The predicted octanol–water partition coefficient (Wildman–Crippen LogP) is 5.93. The Bertz CT molecular complexity index is 1190. The number of aryl methyl sites for hydroxylation is 1. The minimum Gasteiger partial charge on any atom is -0.446 e. The third-order valence-corrected chi connectivity index (χ3v) is 9.28. The number of nitrogens with zero attached hydrogens (tertiary/aromatic N) is 1. The van der Waals surface area contributed by atoms with Crippen molar-refractivity contribution in [2.45, 2.75) is 76.1 Å². The first-order valence-corrected chi connectivity index (χ1v) is 16.3. The van der Waals surface area contributed by atoms with Gasteiger partial charge in [0, 0.05) is 42.8 Å². The van der Waals surface area contributed by atoms with E-state index in [2.05, 4.69) is 74.4 Å². The summed E-state index contributed by atoms with van der Waals surface area (Å²) in [5.74, 6) is 0.709. The Balaban J connectivity index is 0.000000510. The van der Waals surface area contributed by atoms with Gasteiger partial charge in [0.05, 0.1) is 18.6 Å². The molecule has 4 atom stereocenters. The largest absolute Gasteiger partial charge is 0.446 e. The van der Waals surface area contributed by atoms with Gasteiger partial charge in [-0.05, 0) is 61.7 Å². The average Bonchev–Trinajstić information content (AvgIpc) is 3.76. The Hall–Kier alpha value is -3.03. The number of alkyl carbamates (subject to hydrolysis) is 1. The molecule has 3 aliphatic rings. The monoisotopic (exact) mass is 623 g/mol. The van der Waals surface area contributed by atoms with Crippen LogP contribution in [0.3, 0.4) is 0 Å². The van der Waals surface area contributed by atoms with Crippen molar-refractivity contribution >= 4 is 23.9 Å². The molecule has 2 saturated heterocycles. The molecule has 2 amide bonds. The number of carbonyl (C=O) groups excluding carboxylic acids is 2. The molecule has 2 heterocycles. The number of nitrogens with two attached hydrogens (primary N) is 1. The standard InChI is InChI=1S/C26H39N3O5S.C7H8.C2H2/c1-17(2)15-29(35-20-7-5-19(6-8-20)26(10-11-26)24(27)30)13-4-12-28-25(31)34-22-9-14-32-23-18(3)21(22)16-33-23;1-7-5-3-2-4-6-7;1-2/h5-8,17-18,21-23H,4,9-16H2,1-3H3,(H2,27,30)(H,28,31);2-6H,1H3;1-2H. The summed E-state index contributed by atoms with van der Waals surface area (Å²) in [4.78, 5) is 25.3. The summed E-state index contributed by atoms with van der Waals surface area (Å²) in [5, 5.41) is 2.92. The highest BCUT2D eigenvalue weighted by Crippen LogP contribution is 2.48. The molecule has 0 radical (unpaired) electrons. The van der Waals surface area contributed by atoms with Crippen molar-refractivity contribution in [1.29, 1.82) is 0 Å². The van der Waals surface area contributed by atoms with Gasteiger partial charge < -0.3 is 25.3 Å². The Morgan fingerprint density at radius 3 is 2.36 bits per heavy atom. The van der Waals surface area contributed by atoms with Crippen LogP contribution in [0.15, 0.2) is 59.5 Å². The maximum absolute atomic E-state index is 12.4. The van der Waals surface area contributed by atoms with Crippen molar-refractivity contribution in [3.05, 3.63) is 65.7 Å². The van der Waals surface area contributed by atoms with Crippen LogP contribution in [0.2, 0.25) is 0 Å². The SMILES string of the molecule is C#C.CC(C)CN(CCCNC(=O)OC1CCOC2OCC1C2C)Sc1ccc(C2(C(N)=O)CC2)cc1.Cc1ccccc1. The lowest BCUT2D eigenvalue weighted by atomic mass is 9.90. The molecule has 5 rings (SSSR count). The number of hydrogen-bond donors (Lipinski definition) is 2. The fourth-order valence-electron chi connectivity index (χ4n) is 5.54. The number of carbonyl (C=O) groups is 2. The van der Waals surface area contributed by atoms with Gasteiger partial charge >= 0.3 is 6.09 Å². The molecule has 240 valence electrons. The fraction of sp³-hybridized carbons (Fsp3) is 0.543. The smallest absolute Gasteiger partial charge is 0.407 e. The van der Waals surface area contributed by atoms with Crippen LogP contribution in [0.4, 0.5) is 4.79 Å². The molecule has 2 aromatic rings. The topological polar surface area (TPSA) is 103 Å². The number of benzene rings is 2. The minimum absolute atomic E-state index is 0.169. The molecule has 44 heavy (non-hydrogen) atoms. The van der Waals surface area contributed by atoms with Crippen LogP contribution in [-0.4, -0.2) is 61.5 Å². The molecule has 1 aliphatic carbocycles. The highest BCUT2D eigenvalue weighted by molar-refractivity contribution is 7.97. The van der Waals surface area contributed by atoms with Crippen molar-refractivity contribution in [2.24, 2.45) is 23.5 Å². The van der Waals surface area contributed by atoms with E-state index in [1.165, 1.54) is 5.56 Å². The van der Waals surface area contributed by atoms with E-state index in [0.29, 0.717) is 32.1 Å². The second-order valence-electron chi connectivity index (χ2n) is 12.1. The van der Waals surface area contributed by atoms with E-state index in [4.69, 9.17) is 19.9 Å². The van der Waals surface area contributed by atoms with E-state index in [1.54, 1.807) is 11.9 Å². The average molecular weight is 624 g/mol. The lowest BCUT2D eigenvalue weighted by molar-refractivity contribution is -0.131. The molecule has 2 bridgehead atoms. The normalized spacial score (nSPS) is 22.9. The molecule has 4 unspecified atom stereocenters. The molecule has 0 spiro atoms. The summed E-state index contributed by atoms with van der Waals surface area (Å²) < 4.78 is 19.4. The second-order valence-corrected chi connectivity index (χ2v) is 13.3. The Kier molecular flexibility index (Phi) is 14.1. The zero-order chi connectivity index (χ0) is 32.1. The molecule has 3 N–H and O–H groups in total. The minimum atomic E-state index is -0.449. The maximum Gasteiger partial charge on any atom is 0.407 e.